The van der Waals surface area contributed by atoms with Crippen LogP contribution in [0.5, 0.6) is 0 Å². The minimum atomic E-state index is -0.482. The molecule has 0 bridgehead atoms. The van der Waals surface area contributed by atoms with Crippen molar-refractivity contribution in [1.82, 2.24) is 4.98 Å². The quantitative estimate of drug-likeness (QED) is 0.164. The first-order valence-electron chi connectivity index (χ1n) is 12.2. The van der Waals surface area contributed by atoms with Crippen LogP contribution in [-0.4, -0.2) is 16.8 Å². The van der Waals surface area contributed by atoms with Gasteiger partial charge in [-0.25, -0.2) is 4.98 Å². The number of hydrogen-bond donors (Lipinski definition) is 2. The molecule has 5 nitrogen and oxygen atoms in total. The fourth-order valence-corrected chi connectivity index (χ4v) is 5.91. The molecule has 1 aromatic heterocycles. The zero-order chi connectivity index (χ0) is 27.0. The molecule has 5 aromatic rings. The molecule has 1 atom stereocenters. The van der Waals surface area contributed by atoms with Gasteiger partial charge in [-0.05, 0) is 47.5 Å². The van der Waals surface area contributed by atoms with Crippen molar-refractivity contribution in [2.24, 2.45) is 0 Å². The van der Waals surface area contributed by atoms with Gasteiger partial charge in [0.25, 0.3) is 0 Å². The molecule has 0 aliphatic carbocycles. The second kappa shape index (κ2) is 12.9. The van der Waals surface area contributed by atoms with Crippen LogP contribution in [0.2, 0.25) is 0 Å². The Morgan fingerprint density at radius 1 is 0.821 bits per heavy atom. The second-order valence-corrected chi connectivity index (χ2v) is 11.6. The zero-order valence-corrected chi connectivity index (χ0v) is 23.9. The molecule has 2 N–H and O–H groups in total. The molecule has 194 valence electrons. The summed E-state index contributed by atoms with van der Waals surface area (Å²) in [7, 11) is 0. The largest absolute Gasteiger partial charge is 0.326 e. The van der Waals surface area contributed by atoms with E-state index in [1.165, 1.54) is 23.1 Å². The third kappa shape index (κ3) is 7.44. The third-order valence-electron chi connectivity index (χ3n) is 5.81. The lowest BCUT2D eigenvalue weighted by atomic mass is 10.1. The predicted molar refractivity (Wildman–Crippen MR) is 164 cm³/mol. The number of thiazole rings is 1. The molecule has 1 unspecified atom stereocenters. The average Bonchev–Trinajstić information content (AvgIpc) is 3.42. The second-order valence-electron chi connectivity index (χ2n) is 8.68. The summed E-state index contributed by atoms with van der Waals surface area (Å²) < 4.78 is 1.00. The number of nitrogens with one attached hydrogen (secondary N) is 2. The van der Waals surface area contributed by atoms with Gasteiger partial charge in [0.05, 0.1) is 12.1 Å². The number of rotatable bonds is 9. The lowest BCUT2D eigenvalue weighted by Gasteiger charge is -2.16. The van der Waals surface area contributed by atoms with E-state index in [1.54, 1.807) is 0 Å². The maximum atomic E-state index is 13.5. The number of halogens is 1. The van der Waals surface area contributed by atoms with E-state index < -0.39 is 5.25 Å². The van der Waals surface area contributed by atoms with Crippen molar-refractivity contribution in [2.75, 3.05) is 10.6 Å². The number of thioether (sulfide) groups is 1. The van der Waals surface area contributed by atoms with Crippen molar-refractivity contribution in [2.45, 2.75) is 16.6 Å². The molecule has 0 spiro atoms. The van der Waals surface area contributed by atoms with Crippen LogP contribution in [0, 0.1) is 0 Å². The first-order valence-corrected chi connectivity index (χ1v) is 14.8. The highest BCUT2D eigenvalue weighted by atomic mass is 79.9. The summed E-state index contributed by atoms with van der Waals surface area (Å²) in [6.45, 7) is 0. The predicted octanol–water partition coefficient (Wildman–Crippen LogP) is 8.23. The fourth-order valence-electron chi connectivity index (χ4n) is 3.90. The first-order chi connectivity index (χ1) is 19.0. The molecule has 0 aliphatic rings. The van der Waals surface area contributed by atoms with Gasteiger partial charge in [-0.15, -0.1) is 23.1 Å². The van der Waals surface area contributed by atoms with E-state index in [2.05, 4.69) is 31.5 Å². The number of hydrogen-bond acceptors (Lipinski definition) is 5. The van der Waals surface area contributed by atoms with Crippen LogP contribution in [0.1, 0.15) is 16.4 Å². The maximum Gasteiger partial charge on any atom is 0.244 e. The highest BCUT2D eigenvalue weighted by molar-refractivity contribution is 9.10. The maximum absolute atomic E-state index is 13.5. The summed E-state index contributed by atoms with van der Waals surface area (Å²) in [5.74, 6) is -0.225. The van der Waals surface area contributed by atoms with Crippen LogP contribution in [0.3, 0.4) is 0 Å². The van der Waals surface area contributed by atoms with Gasteiger partial charge in [0, 0.05) is 26.0 Å². The van der Waals surface area contributed by atoms with Gasteiger partial charge in [-0.3, -0.25) is 9.59 Å². The fraction of sp³-hybridized carbons (Fsp3) is 0.0645. The Bertz CT molecular complexity index is 1540. The number of nitrogens with zero attached hydrogens (tertiary/aromatic N) is 1. The Balaban J connectivity index is 1.26. The van der Waals surface area contributed by atoms with E-state index in [9.17, 15) is 9.59 Å². The topological polar surface area (TPSA) is 71.1 Å². The highest BCUT2D eigenvalue weighted by Crippen LogP contribution is 2.37. The minimum Gasteiger partial charge on any atom is -0.326 e. The summed E-state index contributed by atoms with van der Waals surface area (Å²) in [5, 5.41) is 7.95. The van der Waals surface area contributed by atoms with Crippen LogP contribution in [0.15, 0.2) is 124 Å². The van der Waals surface area contributed by atoms with Gasteiger partial charge >= 0.3 is 0 Å². The van der Waals surface area contributed by atoms with Crippen molar-refractivity contribution >= 4 is 61.7 Å². The zero-order valence-electron chi connectivity index (χ0n) is 20.7. The molecule has 5 rings (SSSR count). The molecule has 0 saturated heterocycles. The lowest BCUT2D eigenvalue weighted by Crippen LogP contribution is -2.19. The Morgan fingerprint density at radius 2 is 1.49 bits per heavy atom. The number of amides is 2. The van der Waals surface area contributed by atoms with Gasteiger partial charge in [-0.2, -0.15) is 0 Å². The van der Waals surface area contributed by atoms with Crippen molar-refractivity contribution in [1.29, 1.82) is 0 Å². The highest BCUT2D eigenvalue weighted by Gasteiger charge is 2.23. The van der Waals surface area contributed by atoms with Crippen LogP contribution in [0.25, 0.3) is 11.3 Å². The third-order valence-corrected chi connectivity index (χ3v) is 8.37. The molecule has 0 fully saturated rings. The summed E-state index contributed by atoms with van der Waals surface area (Å²) >= 11 is 6.30. The van der Waals surface area contributed by atoms with Gasteiger partial charge in [0.15, 0.2) is 5.13 Å². The Labute approximate surface area is 243 Å². The van der Waals surface area contributed by atoms with E-state index in [-0.39, 0.29) is 11.8 Å². The van der Waals surface area contributed by atoms with Crippen LogP contribution in [-0.2, 0) is 16.0 Å². The van der Waals surface area contributed by atoms with Gasteiger partial charge in [-0.1, -0.05) is 88.7 Å². The molecule has 4 aromatic carbocycles. The molecule has 0 aliphatic heterocycles. The molecule has 8 heteroatoms. The molecule has 39 heavy (non-hydrogen) atoms. The average molecular weight is 615 g/mol. The van der Waals surface area contributed by atoms with Crippen molar-refractivity contribution in [3.63, 3.8) is 0 Å². The van der Waals surface area contributed by atoms with Crippen LogP contribution in [0.4, 0.5) is 10.8 Å². The number of benzene rings is 4. The van der Waals surface area contributed by atoms with Crippen LogP contribution >= 0.6 is 39.0 Å². The first kappa shape index (κ1) is 26.9. The van der Waals surface area contributed by atoms with Gasteiger partial charge in [0.1, 0.15) is 5.25 Å². The minimum absolute atomic E-state index is 0.0749. The molecular formula is C31H24BrN3O2S2. The molecule has 1 heterocycles. The van der Waals surface area contributed by atoms with Gasteiger partial charge < -0.3 is 10.6 Å². The van der Waals surface area contributed by atoms with E-state index in [4.69, 9.17) is 0 Å². The number of carbonyl (C=O) groups is 2. The summed E-state index contributed by atoms with van der Waals surface area (Å²) in [4.78, 5) is 31.4. The summed E-state index contributed by atoms with van der Waals surface area (Å²) in [6.07, 6.45) is 0.313. The van der Waals surface area contributed by atoms with Crippen LogP contribution < -0.4 is 10.6 Å². The van der Waals surface area contributed by atoms with Crippen molar-refractivity contribution in [3.8, 4) is 11.3 Å². The van der Waals surface area contributed by atoms with Crippen molar-refractivity contribution in [3.05, 3.63) is 130 Å². The Kier molecular flexibility index (Phi) is 8.88. The van der Waals surface area contributed by atoms with Gasteiger partial charge in [0.2, 0.25) is 11.8 Å². The lowest BCUT2D eigenvalue weighted by molar-refractivity contribution is -0.116. The summed E-state index contributed by atoms with van der Waals surface area (Å²) in [5.41, 5.74) is 4.37. The molecule has 0 saturated carbocycles. The normalized spacial score (nSPS) is 11.5. The SMILES string of the molecule is O=C(Cc1ccccc1)Nc1ccc(SC(C(=O)Nc2nc(-c3ccc(Br)cc3)cs2)c2ccccc2)cc1. The summed E-state index contributed by atoms with van der Waals surface area (Å²) in [6, 6.07) is 34.8. The Hall–Kier alpha value is -3.72. The standard InChI is InChI=1S/C31H24BrN3O2S2/c32-24-13-11-22(12-14-24)27-20-38-31(34-27)35-30(37)29(23-9-5-2-6-10-23)39-26-17-15-25(16-18-26)33-28(36)19-21-7-3-1-4-8-21/h1-18,20,29H,19H2,(H,33,36)(H,34,35,37). The molecule has 0 radical (unpaired) electrons. The number of anilines is 2. The molecular weight excluding hydrogens is 590 g/mol. The number of aromatic nitrogens is 1. The van der Waals surface area contributed by atoms with E-state index in [1.807, 2.05) is 115 Å². The van der Waals surface area contributed by atoms with E-state index in [0.29, 0.717) is 17.2 Å². The number of carbonyl (C=O) groups excluding carboxylic acids is 2. The molecule has 2 amide bonds. The Morgan fingerprint density at radius 3 is 2.18 bits per heavy atom. The monoisotopic (exact) mass is 613 g/mol. The van der Waals surface area contributed by atoms with Crippen molar-refractivity contribution < 1.29 is 9.59 Å². The van der Waals surface area contributed by atoms with E-state index >= 15 is 0 Å². The smallest absolute Gasteiger partial charge is 0.244 e. The van der Waals surface area contributed by atoms with E-state index in [0.717, 1.165) is 31.8 Å².